The first kappa shape index (κ1) is 21.2. The van der Waals surface area contributed by atoms with Crippen molar-refractivity contribution in [2.24, 2.45) is 10.8 Å². The van der Waals surface area contributed by atoms with Crippen molar-refractivity contribution in [3.63, 3.8) is 0 Å². The maximum Gasteiger partial charge on any atom is 0 e. The number of allylic oxidation sites excluding steroid dienone is 8. The third kappa shape index (κ3) is 4.58. The summed E-state index contributed by atoms with van der Waals surface area (Å²) in [5.41, 5.74) is 8.79. The molecule has 0 aromatic heterocycles. The fourth-order valence-electron chi connectivity index (χ4n) is 2.81. The molecule has 0 bridgehead atoms. The van der Waals surface area contributed by atoms with Gasteiger partial charge in [-0.05, 0) is 0 Å². The molecule has 2 aliphatic carbocycles. The summed E-state index contributed by atoms with van der Waals surface area (Å²) >= 11 is 0. The van der Waals surface area contributed by atoms with Gasteiger partial charge in [0.05, 0.1) is 0 Å². The Balaban J connectivity index is 0. The first-order chi connectivity index (χ1) is 8.90. The molecule has 0 heterocycles. The predicted octanol–water partition coefficient (Wildman–Crippen LogP) is 6.34. The molecule has 0 aliphatic heterocycles. The van der Waals surface area contributed by atoms with Gasteiger partial charge in [-0.1, -0.05) is 66.2 Å². The standard InChI is InChI=1S/2C10H15.Lu.H/c2*1-7-6-10(4,5)9(3)8(7)2;;/h2*1-5H3;;/q2*-1;;-1. The first-order valence-electron chi connectivity index (χ1n) is 7.50. The molecule has 0 atom stereocenters. The minimum absolute atomic E-state index is 0. The Labute approximate surface area is 163 Å². The second kappa shape index (κ2) is 7.18. The minimum Gasteiger partial charge on any atom is -1.00 e. The van der Waals surface area contributed by atoms with Gasteiger partial charge in [-0.3, -0.25) is 12.2 Å². The SMILES string of the molecule is CC1=[C-]C(C)(C)C(C)=C1C.CC1=[C-]C(C)(C)C(C)=C1C.[H-].[Lu]. The van der Waals surface area contributed by atoms with Crippen molar-refractivity contribution in [3.05, 3.63) is 45.6 Å². The van der Waals surface area contributed by atoms with Crippen LogP contribution in [-0.2, 0) is 0 Å². The van der Waals surface area contributed by atoms with Gasteiger partial charge in [-0.25, -0.2) is 11.1 Å². The molecular weight excluding hydrogens is 415 g/mol. The smallest absolute Gasteiger partial charge is 0 e. The summed E-state index contributed by atoms with van der Waals surface area (Å²) in [6, 6.07) is 0. The van der Waals surface area contributed by atoms with Gasteiger partial charge in [0.15, 0.2) is 0 Å². The fourth-order valence-corrected chi connectivity index (χ4v) is 2.81. The van der Waals surface area contributed by atoms with Crippen molar-refractivity contribution in [2.45, 2.75) is 69.2 Å². The van der Waals surface area contributed by atoms with Crippen molar-refractivity contribution < 1.29 is 38.3 Å². The molecule has 0 fully saturated rings. The molecular formula is C20H31Lu-3. The van der Waals surface area contributed by atoms with Crippen molar-refractivity contribution in [3.8, 4) is 0 Å². The maximum absolute atomic E-state index is 3.44. The molecule has 0 amide bonds. The van der Waals surface area contributed by atoms with Gasteiger partial charge in [-0.2, -0.15) is 22.3 Å². The largest absolute Gasteiger partial charge is 1.00 e. The van der Waals surface area contributed by atoms with Crippen LogP contribution in [0.4, 0.5) is 0 Å². The predicted molar refractivity (Wildman–Crippen MR) is 90.3 cm³/mol. The molecule has 2 rings (SSSR count). The summed E-state index contributed by atoms with van der Waals surface area (Å²) in [6.45, 7) is 21.8. The molecule has 0 saturated heterocycles. The second-order valence-electron chi connectivity index (χ2n) is 7.25. The van der Waals surface area contributed by atoms with Crippen molar-refractivity contribution in [1.29, 1.82) is 0 Å². The van der Waals surface area contributed by atoms with Crippen LogP contribution in [-0.4, -0.2) is 0 Å². The molecule has 2 aliphatic rings. The molecule has 0 aromatic rings. The number of hydrogen-bond acceptors (Lipinski definition) is 0. The number of hydrogen-bond donors (Lipinski definition) is 0. The van der Waals surface area contributed by atoms with Gasteiger partial charge >= 0.3 is 0 Å². The summed E-state index contributed by atoms with van der Waals surface area (Å²) in [5, 5.41) is 0. The van der Waals surface area contributed by atoms with Gasteiger partial charge in [0, 0.05) is 36.9 Å². The summed E-state index contributed by atoms with van der Waals surface area (Å²) in [4.78, 5) is 0. The molecule has 0 unspecified atom stereocenters. The molecule has 0 nitrogen and oxygen atoms in total. The summed E-state index contributed by atoms with van der Waals surface area (Å²) < 4.78 is 0. The van der Waals surface area contributed by atoms with Crippen LogP contribution in [0.3, 0.4) is 0 Å². The summed E-state index contributed by atoms with van der Waals surface area (Å²) in [7, 11) is 0. The van der Waals surface area contributed by atoms with E-state index in [1.54, 1.807) is 0 Å². The van der Waals surface area contributed by atoms with Crippen LogP contribution in [0.5, 0.6) is 0 Å². The van der Waals surface area contributed by atoms with E-state index in [1.807, 2.05) is 0 Å². The Morgan fingerprint density at radius 2 is 0.857 bits per heavy atom. The average molecular weight is 446 g/mol. The number of rotatable bonds is 0. The average Bonchev–Trinajstić information content (AvgIpc) is 2.60. The zero-order valence-electron chi connectivity index (χ0n) is 16.3. The van der Waals surface area contributed by atoms with E-state index in [0.29, 0.717) is 0 Å². The topological polar surface area (TPSA) is 0 Å². The first-order valence-corrected chi connectivity index (χ1v) is 7.50. The minimum atomic E-state index is 0. The van der Waals surface area contributed by atoms with Crippen molar-refractivity contribution in [1.82, 2.24) is 0 Å². The van der Waals surface area contributed by atoms with Crippen LogP contribution in [0, 0.1) is 59.9 Å². The van der Waals surface area contributed by atoms with Crippen LogP contribution >= 0.6 is 0 Å². The van der Waals surface area contributed by atoms with Crippen LogP contribution in [0.2, 0.25) is 0 Å². The summed E-state index contributed by atoms with van der Waals surface area (Å²) in [5.74, 6) is 0. The molecule has 1 radical (unpaired) electrons. The van der Waals surface area contributed by atoms with Crippen molar-refractivity contribution >= 4 is 0 Å². The van der Waals surface area contributed by atoms with Gasteiger partial charge in [-0.15, -0.1) is 13.8 Å². The third-order valence-corrected chi connectivity index (χ3v) is 5.12. The van der Waals surface area contributed by atoms with Crippen LogP contribution in [0.15, 0.2) is 33.4 Å². The molecule has 0 spiro atoms. The Hall–Kier alpha value is 0.194. The molecule has 129 valence electrons. The van der Waals surface area contributed by atoms with E-state index < -0.39 is 0 Å². The molecule has 21 heavy (non-hydrogen) atoms. The van der Waals surface area contributed by atoms with E-state index in [0.717, 1.165) is 0 Å². The molecule has 0 aromatic carbocycles. The Morgan fingerprint density at radius 1 is 0.619 bits per heavy atom. The zero-order chi connectivity index (χ0) is 15.9. The molecule has 0 N–H and O–H groups in total. The van der Waals surface area contributed by atoms with Crippen molar-refractivity contribution in [2.75, 3.05) is 0 Å². The quantitative estimate of drug-likeness (QED) is 0.381. The summed E-state index contributed by atoms with van der Waals surface area (Å²) in [6.07, 6.45) is 6.87. The van der Waals surface area contributed by atoms with E-state index in [2.05, 4.69) is 81.4 Å². The Kier molecular flexibility index (Phi) is 7.24. The Morgan fingerprint density at radius 3 is 0.905 bits per heavy atom. The Bertz CT molecular complexity index is 490. The van der Waals surface area contributed by atoms with E-state index in [1.165, 1.54) is 33.4 Å². The zero-order valence-corrected chi connectivity index (χ0v) is 16.9. The van der Waals surface area contributed by atoms with Gasteiger partial charge in [0.1, 0.15) is 0 Å². The van der Waals surface area contributed by atoms with Gasteiger partial charge in [0.25, 0.3) is 0 Å². The fraction of sp³-hybridized carbons (Fsp3) is 0.600. The molecule has 0 saturated carbocycles. The second-order valence-corrected chi connectivity index (χ2v) is 7.25. The van der Waals surface area contributed by atoms with Crippen LogP contribution in [0.1, 0.15) is 70.7 Å². The van der Waals surface area contributed by atoms with E-state index in [9.17, 15) is 0 Å². The molecule has 1 heteroatoms. The monoisotopic (exact) mass is 446 g/mol. The van der Waals surface area contributed by atoms with E-state index >= 15 is 0 Å². The van der Waals surface area contributed by atoms with E-state index in [-0.39, 0.29) is 49.1 Å². The third-order valence-electron chi connectivity index (χ3n) is 5.12. The van der Waals surface area contributed by atoms with Gasteiger partial charge < -0.3 is 1.43 Å². The van der Waals surface area contributed by atoms with Crippen LogP contribution < -0.4 is 0 Å². The van der Waals surface area contributed by atoms with E-state index in [4.69, 9.17) is 0 Å². The van der Waals surface area contributed by atoms with Crippen LogP contribution in [0.25, 0.3) is 0 Å². The maximum atomic E-state index is 3.44. The normalized spacial score (nSPS) is 22.4. The van der Waals surface area contributed by atoms with Gasteiger partial charge in [0.2, 0.25) is 0 Å².